The van der Waals surface area contributed by atoms with Gasteiger partial charge in [-0.1, -0.05) is 35.9 Å². The molecule has 2 rings (SSSR count). The molecule has 1 aromatic carbocycles. The molecule has 0 saturated heterocycles. The Morgan fingerprint density at radius 3 is 2.68 bits per heavy atom. The SMILES string of the molecule is C#Cc1c(Sc2ccccc2)n(COCCO)c(=O)[nH]c1=O. The van der Waals surface area contributed by atoms with Crippen LogP contribution in [0, 0.1) is 12.3 Å². The molecule has 22 heavy (non-hydrogen) atoms. The Kier molecular flexibility index (Phi) is 5.61. The number of nitrogens with one attached hydrogen (secondary N) is 1. The number of hydrogen-bond donors (Lipinski definition) is 2. The van der Waals surface area contributed by atoms with E-state index in [1.54, 1.807) is 0 Å². The molecule has 0 atom stereocenters. The minimum atomic E-state index is -0.611. The summed E-state index contributed by atoms with van der Waals surface area (Å²) in [6, 6.07) is 9.23. The third-order valence-corrected chi connectivity index (χ3v) is 3.84. The molecule has 0 bridgehead atoms. The molecule has 6 nitrogen and oxygen atoms in total. The largest absolute Gasteiger partial charge is 0.394 e. The van der Waals surface area contributed by atoms with E-state index < -0.39 is 11.2 Å². The van der Waals surface area contributed by atoms with Crippen LogP contribution in [0.5, 0.6) is 0 Å². The van der Waals surface area contributed by atoms with Crippen molar-refractivity contribution in [2.45, 2.75) is 16.7 Å². The zero-order valence-electron chi connectivity index (χ0n) is 11.6. The number of benzene rings is 1. The number of aliphatic hydroxyl groups excluding tert-OH is 1. The Morgan fingerprint density at radius 2 is 2.05 bits per heavy atom. The number of aromatic nitrogens is 2. The number of aliphatic hydroxyl groups is 1. The number of nitrogens with zero attached hydrogens (tertiary/aromatic N) is 1. The van der Waals surface area contributed by atoms with Gasteiger partial charge in [0.15, 0.2) is 0 Å². The molecule has 1 heterocycles. The fourth-order valence-corrected chi connectivity index (χ4v) is 2.74. The van der Waals surface area contributed by atoms with Crippen molar-refractivity contribution in [2.24, 2.45) is 0 Å². The van der Waals surface area contributed by atoms with E-state index in [0.717, 1.165) is 4.90 Å². The van der Waals surface area contributed by atoms with Crippen LogP contribution in [0.4, 0.5) is 0 Å². The second kappa shape index (κ2) is 7.66. The third kappa shape index (κ3) is 3.68. The molecule has 0 saturated carbocycles. The van der Waals surface area contributed by atoms with E-state index in [4.69, 9.17) is 16.3 Å². The minimum absolute atomic E-state index is 0.0704. The Balaban J connectivity index is 2.49. The summed E-state index contributed by atoms with van der Waals surface area (Å²) in [5.41, 5.74) is -1.15. The lowest BCUT2D eigenvalue weighted by Gasteiger charge is -2.13. The summed E-state index contributed by atoms with van der Waals surface area (Å²) in [5, 5.41) is 9.09. The molecule has 1 aromatic heterocycles. The molecule has 0 aliphatic heterocycles. The van der Waals surface area contributed by atoms with Crippen molar-refractivity contribution in [1.29, 1.82) is 0 Å². The molecule has 2 aromatic rings. The summed E-state index contributed by atoms with van der Waals surface area (Å²) in [6.45, 7) is -0.201. The van der Waals surface area contributed by atoms with Gasteiger partial charge in [-0.2, -0.15) is 0 Å². The van der Waals surface area contributed by atoms with E-state index in [0.29, 0.717) is 5.03 Å². The van der Waals surface area contributed by atoms with Gasteiger partial charge in [0, 0.05) is 4.90 Å². The zero-order valence-corrected chi connectivity index (χ0v) is 12.4. The van der Waals surface area contributed by atoms with Crippen LogP contribution in [0.2, 0.25) is 0 Å². The summed E-state index contributed by atoms with van der Waals surface area (Å²) in [4.78, 5) is 26.9. The molecule has 2 N–H and O–H groups in total. The van der Waals surface area contributed by atoms with Crippen molar-refractivity contribution in [3.63, 3.8) is 0 Å². The lowest BCUT2D eigenvalue weighted by molar-refractivity contribution is 0.0412. The molecular formula is C15H14N2O4S. The van der Waals surface area contributed by atoms with Crippen LogP contribution < -0.4 is 11.2 Å². The summed E-state index contributed by atoms with van der Waals surface area (Å²) in [6.07, 6.45) is 5.40. The lowest BCUT2D eigenvalue weighted by atomic mass is 10.3. The van der Waals surface area contributed by atoms with Crippen LogP contribution >= 0.6 is 11.8 Å². The normalized spacial score (nSPS) is 10.4. The Morgan fingerprint density at radius 1 is 1.32 bits per heavy atom. The van der Waals surface area contributed by atoms with Gasteiger partial charge in [0.1, 0.15) is 17.3 Å². The molecule has 0 spiro atoms. The second-order valence-corrected chi connectivity index (χ2v) is 5.25. The van der Waals surface area contributed by atoms with Gasteiger partial charge in [-0.25, -0.2) is 4.79 Å². The maximum Gasteiger partial charge on any atom is 0.331 e. The summed E-state index contributed by atoms with van der Waals surface area (Å²) >= 11 is 1.21. The zero-order chi connectivity index (χ0) is 15.9. The van der Waals surface area contributed by atoms with E-state index in [1.165, 1.54) is 16.3 Å². The molecule has 0 amide bonds. The molecular weight excluding hydrogens is 304 g/mol. The van der Waals surface area contributed by atoms with Crippen LogP contribution in [0.25, 0.3) is 0 Å². The lowest BCUT2D eigenvalue weighted by Crippen LogP contribution is -2.34. The van der Waals surface area contributed by atoms with Gasteiger partial charge in [0.05, 0.1) is 13.2 Å². The first-order valence-electron chi connectivity index (χ1n) is 6.42. The van der Waals surface area contributed by atoms with Gasteiger partial charge in [0.25, 0.3) is 5.56 Å². The van der Waals surface area contributed by atoms with E-state index in [2.05, 4.69) is 10.9 Å². The summed E-state index contributed by atoms with van der Waals surface area (Å²) < 4.78 is 6.42. The van der Waals surface area contributed by atoms with Crippen LogP contribution in [0.1, 0.15) is 5.56 Å². The van der Waals surface area contributed by atoms with Gasteiger partial charge >= 0.3 is 5.69 Å². The predicted octanol–water partition coefficient (Wildman–Crippen LogP) is 0.635. The molecule has 7 heteroatoms. The second-order valence-electron chi connectivity index (χ2n) is 4.19. The van der Waals surface area contributed by atoms with Gasteiger partial charge in [-0.15, -0.1) is 6.42 Å². The Hall–Kier alpha value is -2.27. The molecule has 0 radical (unpaired) electrons. The number of terminal acetylenes is 1. The minimum Gasteiger partial charge on any atom is -0.394 e. The third-order valence-electron chi connectivity index (χ3n) is 2.71. The monoisotopic (exact) mass is 318 g/mol. The number of hydrogen-bond acceptors (Lipinski definition) is 5. The van der Waals surface area contributed by atoms with Gasteiger partial charge < -0.3 is 9.84 Å². The first-order chi connectivity index (χ1) is 10.7. The van der Waals surface area contributed by atoms with E-state index in [-0.39, 0.29) is 25.5 Å². The maximum atomic E-state index is 12.0. The van der Waals surface area contributed by atoms with Gasteiger partial charge in [0.2, 0.25) is 0 Å². The van der Waals surface area contributed by atoms with Crippen molar-refractivity contribution in [2.75, 3.05) is 13.2 Å². The number of aromatic amines is 1. The van der Waals surface area contributed by atoms with Gasteiger partial charge in [-0.05, 0) is 12.1 Å². The van der Waals surface area contributed by atoms with Crippen molar-refractivity contribution >= 4 is 11.8 Å². The van der Waals surface area contributed by atoms with Crippen molar-refractivity contribution < 1.29 is 9.84 Å². The summed E-state index contributed by atoms with van der Waals surface area (Å²) in [7, 11) is 0. The highest BCUT2D eigenvalue weighted by Crippen LogP contribution is 2.27. The van der Waals surface area contributed by atoms with Gasteiger partial charge in [-0.3, -0.25) is 14.3 Å². The van der Waals surface area contributed by atoms with Crippen LogP contribution in [-0.2, 0) is 11.5 Å². The average Bonchev–Trinajstić information content (AvgIpc) is 2.51. The molecule has 114 valence electrons. The van der Waals surface area contributed by atoms with Crippen LogP contribution in [0.3, 0.4) is 0 Å². The van der Waals surface area contributed by atoms with E-state index >= 15 is 0 Å². The number of H-pyrrole nitrogens is 1. The highest BCUT2D eigenvalue weighted by Gasteiger charge is 2.15. The number of rotatable bonds is 6. The van der Waals surface area contributed by atoms with Crippen LogP contribution in [-0.4, -0.2) is 27.9 Å². The smallest absolute Gasteiger partial charge is 0.331 e. The van der Waals surface area contributed by atoms with E-state index in [9.17, 15) is 9.59 Å². The maximum absolute atomic E-state index is 12.0. The molecule has 0 aliphatic rings. The highest BCUT2D eigenvalue weighted by atomic mass is 32.2. The van der Waals surface area contributed by atoms with E-state index in [1.807, 2.05) is 30.3 Å². The first kappa shape index (κ1) is 16.1. The van der Waals surface area contributed by atoms with Crippen molar-refractivity contribution in [3.8, 4) is 12.3 Å². The Labute approximate surface area is 130 Å². The van der Waals surface area contributed by atoms with Crippen molar-refractivity contribution in [3.05, 3.63) is 56.7 Å². The van der Waals surface area contributed by atoms with Crippen LogP contribution in [0.15, 0.2) is 49.8 Å². The first-order valence-corrected chi connectivity index (χ1v) is 7.24. The Bertz CT molecular complexity index is 790. The highest BCUT2D eigenvalue weighted by molar-refractivity contribution is 7.99. The average molecular weight is 318 g/mol. The fourth-order valence-electron chi connectivity index (χ4n) is 1.72. The fraction of sp³-hybridized carbons (Fsp3) is 0.200. The molecule has 0 aliphatic carbocycles. The standard InChI is InChI=1S/C15H14N2O4S/c1-2-12-13(19)16-15(20)17(10-21-9-8-18)14(12)22-11-6-4-3-5-7-11/h1,3-7,18H,8-10H2,(H,16,19,20). The topological polar surface area (TPSA) is 84.3 Å². The quantitative estimate of drug-likeness (QED) is 0.464. The molecule has 0 unspecified atom stereocenters. The molecule has 0 fully saturated rings. The predicted molar refractivity (Wildman–Crippen MR) is 82.9 cm³/mol. The van der Waals surface area contributed by atoms with Crippen molar-refractivity contribution in [1.82, 2.24) is 9.55 Å². The number of ether oxygens (including phenoxy) is 1. The summed E-state index contributed by atoms with van der Waals surface area (Å²) in [5.74, 6) is 2.31.